The molecule has 6 nitrogen and oxygen atoms in total. The third-order valence-corrected chi connectivity index (χ3v) is 4.32. The van der Waals surface area contributed by atoms with Crippen molar-refractivity contribution in [2.24, 2.45) is 5.92 Å². The average Bonchev–Trinajstić information content (AvgIpc) is 3.29. The number of hydrogen-bond acceptors (Lipinski definition) is 4. The zero-order chi connectivity index (χ0) is 18.2. The Labute approximate surface area is 147 Å². The van der Waals surface area contributed by atoms with Crippen molar-refractivity contribution in [3.05, 3.63) is 35.4 Å². The molecule has 0 aromatic heterocycles. The Hall–Kier alpha value is -2.37. The molecule has 1 aliphatic carbocycles. The summed E-state index contributed by atoms with van der Waals surface area (Å²) in [5.41, 5.74) is 0.258. The minimum atomic E-state index is -0.594. The molecule has 1 aliphatic heterocycles. The van der Waals surface area contributed by atoms with Gasteiger partial charge in [-0.2, -0.15) is 0 Å². The van der Waals surface area contributed by atoms with Crippen LogP contribution in [-0.2, 0) is 4.74 Å². The molecule has 1 fully saturated rings. The Morgan fingerprint density at radius 1 is 1.20 bits per heavy atom. The lowest BCUT2D eigenvalue weighted by Gasteiger charge is -2.26. The number of benzene rings is 1. The van der Waals surface area contributed by atoms with Crippen molar-refractivity contribution in [3.8, 4) is 0 Å². The summed E-state index contributed by atoms with van der Waals surface area (Å²) in [6.45, 7) is 5.56. The molecule has 1 atom stereocenters. The normalized spacial score (nSPS) is 18.1. The van der Waals surface area contributed by atoms with Crippen LogP contribution < -0.4 is 5.32 Å². The van der Waals surface area contributed by atoms with Crippen LogP contribution >= 0.6 is 0 Å². The summed E-state index contributed by atoms with van der Waals surface area (Å²) in [5, 5.41) is 2.83. The van der Waals surface area contributed by atoms with E-state index in [1.807, 2.05) is 0 Å². The van der Waals surface area contributed by atoms with E-state index in [0.717, 1.165) is 19.3 Å². The van der Waals surface area contributed by atoms with E-state index >= 15 is 0 Å². The zero-order valence-corrected chi connectivity index (χ0v) is 14.9. The van der Waals surface area contributed by atoms with Crippen LogP contribution in [-0.4, -0.2) is 41.0 Å². The van der Waals surface area contributed by atoms with Gasteiger partial charge in [0.05, 0.1) is 17.2 Å². The van der Waals surface area contributed by atoms with Crippen molar-refractivity contribution in [3.63, 3.8) is 0 Å². The molecule has 0 bridgehead atoms. The van der Waals surface area contributed by atoms with Gasteiger partial charge in [-0.25, -0.2) is 4.79 Å². The topological polar surface area (TPSA) is 75.7 Å². The van der Waals surface area contributed by atoms with Gasteiger partial charge in [0.15, 0.2) is 0 Å². The fraction of sp³-hybridized carbons (Fsp3) is 0.526. The minimum Gasteiger partial charge on any atom is -0.444 e. The van der Waals surface area contributed by atoms with Crippen molar-refractivity contribution < 1.29 is 19.1 Å². The summed E-state index contributed by atoms with van der Waals surface area (Å²) in [6.07, 6.45) is 2.46. The van der Waals surface area contributed by atoms with Crippen LogP contribution in [0.3, 0.4) is 0 Å². The summed E-state index contributed by atoms with van der Waals surface area (Å²) < 4.78 is 5.31. The smallest absolute Gasteiger partial charge is 0.407 e. The highest BCUT2D eigenvalue weighted by Crippen LogP contribution is 2.34. The lowest BCUT2D eigenvalue weighted by molar-refractivity contribution is 0.0462. The predicted molar refractivity (Wildman–Crippen MR) is 92.3 cm³/mol. The van der Waals surface area contributed by atoms with Gasteiger partial charge < -0.3 is 10.1 Å². The number of carbonyl (C=O) groups is 3. The molecule has 25 heavy (non-hydrogen) atoms. The van der Waals surface area contributed by atoms with Crippen LogP contribution in [0.1, 0.15) is 60.7 Å². The van der Waals surface area contributed by atoms with E-state index < -0.39 is 11.7 Å². The fourth-order valence-electron chi connectivity index (χ4n) is 3.03. The van der Waals surface area contributed by atoms with Crippen LogP contribution in [0, 0.1) is 5.92 Å². The maximum absolute atomic E-state index is 12.5. The second kappa shape index (κ2) is 6.50. The monoisotopic (exact) mass is 344 g/mol. The van der Waals surface area contributed by atoms with Crippen molar-refractivity contribution >= 4 is 17.9 Å². The Bertz CT molecular complexity index is 669. The number of hydrogen-bond donors (Lipinski definition) is 1. The molecule has 1 saturated carbocycles. The van der Waals surface area contributed by atoms with Crippen LogP contribution in [0.25, 0.3) is 0 Å². The first-order valence-corrected chi connectivity index (χ1v) is 8.69. The van der Waals surface area contributed by atoms with E-state index in [9.17, 15) is 14.4 Å². The van der Waals surface area contributed by atoms with E-state index in [2.05, 4.69) is 5.32 Å². The number of imide groups is 1. The van der Waals surface area contributed by atoms with Gasteiger partial charge in [0, 0.05) is 6.54 Å². The first-order valence-electron chi connectivity index (χ1n) is 8.69. The van der Waals surface area contributed by atoms with Crippen molar-refractivity contribution in [2.45, 2.75) is 51.7 Å². The number of nitrogens with zero attached hydrogens (tertiary/aromatic N) is 1. The number of rotatable bonds is 5. The third kappa shape index (κ3) is 4.18. The molecular weight excluding hydrogens is 320 g/mol. The number of carbonyl (C=O) groups excluding carboxylic acids is 3. The predicted octanol–water partition coefficient (Wildman–Crippen LogP) is 2.98. The van der Waals surface area contributed by atoms with Gasteiger partial charge >= 0.3 is 6.09 Å². The van der Waals surface area contributed by atoms with Crippen molar-refractivity contribution in [1.29, 1.82) is 0 Å². The van der Waals surface area contributed by atoms with E-state index in [1.54, 1.807) is 45.0 Å². The van der Waals surface area contributed by atoms with E-state index in [-0.39, 0.29) is 24.4 Å². The number of amides is 3. The second-order valence-corrected chi connectivity index (χ2v) is 7.79. The fourth-order valence-corrected chi connectivity index (χ4v) is 3.03. The summed E-state index contributed by atoms with van der Waals surface area (Å²) in [6, 6.07) is 6.51. The lowest BCUT2D eigenvalue weighted by atomic mass is 10.1. The molecule has 1 unspecified atom stereocenters. The van der Waals surface area contributed by atoms with Crippen molar-refractivity contribution in [1.82, 2.24) is 10.2 Å². The van der Waals surface area contributed by atoms with Gasteiger partial charge in [0.1, 0.15) is 5.60 Å². The molecule has 1 aromatic carbocycles. The van der Waals surface area contributed by atoms with Crippen LogP contribution in [0.15, 0.2) is 24.3 Å². The van der Waals surface area contributed by atoms with Gasteiger partial charge in [-0.15, -0.1) is 0 Å². The highest BCUT2D eigenvalue weighted by molar-refractivity contribution is 6.21. The number of nitrogens with one attached hydrogen (secondary N) is 1. The molecule has 3 rings (SSSR count). The summed E-state index contributed by atoms with van der Waals surface area (Å²) in [7, 11) is 0. The second-order valence-electron chi connectivity index (χ2n) is 7.79. The molecule has 1 N–H and O–H groups in total. The molecule has 0 saturated heterocycles. The highest BCUT2D eigenvalue weighted by Gasteiger charge is 2.38. The first kappa shape index (κ1) is 17.5. The summed E-state index contributed by atoms with van der Waals surface area (Å²) in [5.74, 6) is -0.0603. The molecule has 134 valence electrons. The Kier molecular flexibility index (Phi) is 4.54. The van der Waals surface area contributed by atoms with Crippen LogP contribution in [0.5, 0.6) is 0 Å². The van der Waals surface area contributed by atoms with E-state index in [1.165, 1.54) is 4.90 Å². The molecule has 2 aliphatic rings. The number of alkyl carbamates (subject to hydrolysis) is 1. The average molecular weight is 344 g/mol. The maximum Gasteiger partial charge on any atom is 0.407 e. The molecule has 6 heteroatoms. The highest BCUT2D eigenvalue weighted by atomic mass is 16.6. The first-order chi connectivity index (χ1) is 11.7. The molecule has 3 amide bonds. The summed E-state index contributed by atoms with van der Waals surface area (Å²) in [4.78, 5) is 38.4. The van der Waals surface area contributed by atoms with Crippen molar-refractivity contribution in [2.75, 3.05) is 6.54 Å². The third-order valence-electron chi connectivity index (χ3n) is 4.32. The quantitative estimate of drug-likeness (QED) is 0.833. The molecule has 0 radical (unpaired) electrons. The molecule has 1 aromatic rings. The molecule has 1 heterocycles. The van der Waals surface area contributed by atoms with Gasteiger partial charge in [-0.1, -0.05) is 25.0 Å². The van der Waals surface area contributed by atoms with Gasteiger partial charge in [-0.05, 0) is 45.2 Å². The van der Waals surface area contributed by atoms with Crippen LogP contribution in [0.2, 0.25) is 0 Å². The van der Waals surface area contributed by atoms with Crippen LogP contribution in [0.4, 0.5) is 4.79 Å². The molecular formula is C19H24N2O4. The standard InChI is InChI=1S/C19H24N2O4/c1-19(2,3)25-18(24)20-13(10-12-8-9-12)11-21-16(22)14-6-4-5-7-15(14)17(21)23/h4-7,12-13H,8-11H2,1-3H3,(H,20,24). The van der Waals surface area contributed by atoms with Gasteiger partial charge in [0.2, 0.25) is 0 Å². The van der Waals surface area contributed by atoms with Gasteiger partial charge in [-0.3, -0.25) is 14.5 Å². The van der Waals surface area contributed by atoms with Gasteiger partial charge in [0.25, 0.3) is 11.8 Å². The lowest BCUT2D eigenvalue weighted by Crippen LogP contribution is -2.47. The zero-order valence-electron chi connectivity index (χ0n) is 14.9. The Morgan fingerprint density at radius 2 is 1.76 bits per heavy atom. The Balaban J connectivity index is 1.69. The number of fused-ring (bicyclic) bond motifs is 1. The molecule has 0 spiro atoms. The minimum absolute atomic E-state index is 0.169. The Morgan fingerprint density at radius 3 is 2.24 bits per heavy atom. The van der Waals surface area contributed by atoms with E-state index in [0.29, 0.717) is 17.0 Å². The largest absolute Gasteiger partial charge is 0.444 e. The summed E-state index contributed by atoms with van der Waals surface area (Å²) >= 11 is 0. The SMILES string of the molecule is CC(C)(C)OC(=O)NC(CC1CC1)CN1C(=O)c2ccccc2C1=O. The maximum atomic E-state index is 12.5. The number of ether oxygens (including phenoxy) is 1. The van der Waals surface area contributed by atoms with E-state index in [4.69, 9.17) is 4.74 Å².